The van der Waals surface area contributed by atoms with Crippen molar-refractivity contribution in [1.29, 1.82) is 0 Å². The summed E-state index contributed by atoms with van der Waals surface area (Å²) < 4.78 is 26.9. The molecule has 0 aliphatic rings. The molecule has 0 fully saturated rings. The number of amides is 2. The molecule has 0 radical (unpaired) electrons. The summed E-state index contributed by atoms with van der Waals surface area (Å²) in [4.78, 5) is 29.4. The Hall–Kier alpha value is -3.65. The fraction of sp³-hybridized carbons (Fsp3) is 0.375. The fourth-order valence-corrected chi connectivity index (χ4v) is 5.33. The normalized spacial score (nSPS) is 12.8. The highest BCUT2D eigenvalue weighted by atomic mass is 32.2. The van der Waals surface area contributed by atoms with Crippen molar-refractivity contribution in [2.24, 2.45) is 0 Å². The van der Waals surface area contributed by atoms with E-state index in [1.807, 2.05) is 94.4 Å². The van der Waals surface area contributed by atoms with Gasteiger partial charge in [-0.2, -0.15) is 0 Å². The van der Waals surface area contributed by atoms with E-state index in [0.29, 0.717) is 12.1 Å². The van der Waals surface area contributed by atoms with Crippen LogP contribution in [0.25, 0.3) is 0 Å². The van der Waals surface area contributed by atoms with Crippen molar-refractivity contribution in [1.82, 2.24) is 10.2 Å². The first-order valence-corrected chi connectivity index (χ1v) is 15.6. The van der Waals surface area contributed by atoms with Crippen LogP contribution in [-0.4, -0.2) is 50.0 Å². The molecule has 2 amide bonds. The summed E-state index contributed by atoms with van der Waals surface area (Å²) in [7, 11) is -3.79. The van der Waals surface area contributed by atoms with E-state index in [4.69, 9.17) is 0 Å². The number of aryl methyl sites for hydroxylation is 2. The molecular weight excluding hydrogens is 522 g/mol. The van der Waals surface area contributed by atoms with E-state index in [0.717, 1.165) is 45.7 Å². The Balaban J connectivity index is 2.06. The van der Waals surface area contributed by atoms with Gasteiger partial charge in [-0.3, -0.25) is 13.9 Å². The van der Waals surface area contributed by atoms with Gasteiger partial charge in [-0.05, 0) is 61.1 Å². The van der Waals surface area contributed by atoms with Crippen LogP contribution in [0.3, 0.4) is 0 Å². The molecule has 214 valence electrons. The number of hydrogen-bond donors (Lipinski definition) is 1. The van der Waals surface area contributed by atoms with E-state index in [9.17, 15) is 18.0 Å². The molecule has 7 nitrogen and oxygen atoms in total. The predicted octanol–water partition coefficient (Wildman–Crippen LogP) is 4.88. The number of hydrogen-bond acceptors (Lipinski definition) is 4. The zero-order valence-electron chi connectivity index (χ0n) is 24.1. The van der Waals surface area contributed by atoms with E-state index < -0.39 is 28.5 Å². The van der Waals surface area contributed by atoms with Gasteiger partial charge in [0.05, 0.1) is 11.9 Å². The van der Waals surface area contributed by atoms with Crippen molar-refractivity contribution in [3.8, 4) is 0 Å². The average molecular weight is 564 g/mol. The summed E-state index contributed by atoms with van der Waals surface area (Å²) in [6.07, 6.45) is 2.95. The maximum absolute atomic E-state index is 14.1. The van der Waals surface area contributed by atoms with Crippen LogP contribution in [0.2, 0.25) is 0 Å². The van der Waals surface area contributed by atoms with Crippen LogP contribution in [0, 0.1) is 6.92 Å². The lowest BCUT2D eigenvalue weighted by molar-refractivity contribution is -0.140. The van der Waals surface area contributed by atoms with Crippen molar-refractivity contribution >= 4 is 27.5 Å². The van der Waals surface area contributed by atoms with Gasteiger partial charge < -0.3 is 10.2 Å². The molecule has 0 heterocycles. The molecule has 3 aromatic rings. The van der Waals surface area contributed by atoms with Gasteiger partial charge in [0.1, 0.15) is 12.6 Å². The highest BCUT2D eigenvalue weighted by Crippen LogP contribution is 2.22. The van der Waals surface area contributed by atoms with Crippen molar-refractivity contribution in [3.05, 3.63) is 101 Å². The molecule has 0 aromatic heterocycles. The summed E-state index contributed by atoms with van der Waals surface area (Å²) in [6.45, 7) is 7.65. The first-order valence-electron chi connectivity index (χ1n) is 13.8. The van der Waals surface area contributed by atoms with Crippen molar-refractivity contribution in [2.45, 2.75) is 65.6 Å². The zero-order chi connectivity index (χ0) is 29.3. The highest BCUT2D eigenvalue weighted by Gasteiger charge is 2.33. The SMILES string of the molecule is CCc1ccc(N(CC(=O)N(Cc2ccccc2C)[C@H](Cc2ccccc2)C(=O)N[C@H](C)CC)S(C)(=O)=O)cc1. The number of rotatable bonds is 13. The first kappa shape index (κ1) is 30.9. The van der Waals surface area contributed by atoms with E-state index in [2.05, 4.69) is 5.32 Å². The second kappa shape index (κ2) is 14.1. The Bertz CT molecular complexity index is 1370. The van der Waals surface area contributed by atoms with E-state index in [1.165, 1.54) is 4.90 Å². The Labute approximate surface area is 239 Å². The van der Waals surface area contributed by atoms with Crippen LogP contribution in [0.15, 0.2) is 78.9 Å². The fourth-order valence-electron chi connectivity index (χ4n) is 4.48. The molecule has 0 unspecified atom stereocenters. The van der Waals surface area contributed by atoms with Gasteiger partial charge in [0.15, 0.2) is 0 Å². The van der Waals surface area contributed by atoms with Crippen molar-refractivity contribution in [2.75, 3.05) is 17.1 Å². The molecular formula is C32H41N3O4S. The molecule has 3 rings (SSSR count). The van der Waals surface area contributed by atoms with Gasteiger partial charge in [-0.25, -0.2) is 8.42 Å². The lowest BCUT2D eigenvalue weighted by atomic mass is 10.0. The summed E-state index contributed by atoms with van der Waals surface area (Å²) in [5.41, 5.74) is 4.26. The van der Waals surface area contributed by atoms with Crippen LogP contribution < -0.4 is 9.62 Å². The minimum atomic E-state index is -3.79. The van der Waals surface area contributed by atoms with Gasteiger partial charge >= 0.3 is 0 Å². The Morgan fingerprint density at radius 2 is 1.50 bits per heavy atom. The van der Waals surface area contributed by atoms with E-state index in [-0.39, 0.29) is 18.5 Å². The molecule has 0 bridgehead atoms. The minimum absolute atomic E-state index is 0.0780. The third-order valence-corrected chi connectivity index (χ3v) is 8.33. The largest absolute Gasteiger partial charge is 0.352 e. The van der Waals surface area contributed by atoms with Crippen LogP contribution in [-0.2, 0) is 39.0 Å². The molecule has 0 aliphatic carbocycles. The molecule has 0 saturated carbocycles. The minimum Gasteiger partial charge on any atom is -0.352 e. The number of nitrogens with one attached hydrogen (secondary N) is 1. The summed E-state index contributed by atoms with van der Waals surface area (Å²) in [5, 5.41) is 3.05. The number of benzene rings is 3. The summed E-state index contributed by atoms with van der Waals surface area (Å²) >= 11 is 0. The average Bonchev–Trinajstić information content (AvgIpc) is 2.94. The Kier molecular flexibility index (Phi) is 10.9. The Morgan fingerprint density at radius 3 is 2.08 bits per heavy atom. The number of carbonyl (C=O) groups is 2. The molecule has 40 heavy (non-hydrogen) atoms. The van der Waals surface area contributed by atoms with Crippen LogP contribution in [0.1, 0.15) is 49.4 Å². The predicted molar refractivity (Wildman–Crippen MR) is 162 cm³/mol. The van der Waals surface area contributed by atoms with Gasteiger partial charge in [-0.1, -0.05) is 80.6 Å². The number of sulfonamides is 1. The molecule has 0 spiro atoms. The Morgan fingerprint density at radius 1 is 0.875 bits per heavy atom. The van der Waals surface area contributed by atoms with Gasteiger partial charge in [0, 0.05) is 19.0 Å². The van der Waals surface area contributed by atoms with Crippen LogP contribution in [0.4, 0.5) is 5.69 Å². The first-order chi connectivity index (χ1) is 19.0. The zero-order valence-corrected chi connectivity index (χ0v) is 24.9. The van der Waals surface area contributed by atoms with E-state index in [1.54, 1.807) is 12.1 Å². The maximum Gasteiger partial charge on any atom is 0.244 e. The molecule has 0 aliphatic heterocycles. The molecule has 1 N–H and O–H groups in total. The van der Waals surface area contributed by atoms with Gasteiger partial charge in [0.2, 0.25) is 21.8 Å². The second-order valence-electron chi connectivity index (χ2n) is 10.3. The quantitative estimate of drug-likeness (QED) is 0.321. The maximum atomic E-state index is 14.1. The number of carbonyl (C=O) groups excluding carboxylic acids is 2. The third-order valence-electron chi connectivity index (χ3n) is 7.19. The smallest absolute Gasteiger partial charge is 0.244 e. The molecule has 0 saturated heterocycles. The van der Waals surface area contributed by atoms with Gasteiger partial charge in [0.25, 0.3) is 0 Å². The topological polar surface area (TPSA) is 86.8 Å². The monoisotopic (exact) mass is 563 g/mol. The highest BCUT2D eigenvalue weighted by molar-refractivity contribution is 7.92. The number of anilines is 1. The number of nitrogens with zero attached hydrogens (tertiary/aromatic N) is 2. The second-order valence-corrected chi connectivity index (χ2v) is 12.2. The molecule has 3 aromatic carbocycles. The standard InChI is InChI=1S/C32H41N3O4S/c1-6-25(4)33-32(37)30(21-27-14-9-8-10-15-27)34(22-28-16-12-11-13-24(28)3)31(36)23-35(40(5,38)39)29-19-17-26(7-2)18-20-29/h8-20,25,30H,6-7,21-23H2,1-5H3,(H,33,37)/t25-,30-/m1/s1. The third kappa shape index (κ3) is 8.42. The lowest BCUT2D eigenvalue weighted by Gasteiger charge is -2.34. The van der Waals surface area contributed by atoms with Gasteiger partial charge in [-0.15, -0.1) is 0 Å². The van der Waals surface area contributed by atoms with Crippen LogP contribution >= 0.6 is 0 Å². The van der Waals surface area contributed by atoms with E-state index >= 15 is 0 Å². The lowest BCUT2D eigenvalue weighted by Crippen LogP contribution is -2.54. The molecule has 8 heteroatoms. The van der Waals surface area contributed by atoms with Crippen molar-refractivity contribution < 1.29 is 18.0 Å². The summed E-state index contributed by atoms with van der Waals surface area (Å²) in [5.74, 6) is -0.716. The van der Waals surface area contributed by atoms with Crippen molar-refractivity contribution in [3.63, 3.8) is 0 Å². The molecule has 2 atom stereocenters. The summed E-state index contributed by atoms with van der Waals surface area (Å²) in [6, 6.07) is 23.5. The van der Waals surface area contributed by atoms with Crippen LogP contribution in [0.5, 0.6) is 0 Å².